The van der Waals surface area contributed by atoms with Gasteiger partial charge in [-0.2, -0.15) is 0 Å². The van der Waals surface area contributed by atoms with Crippen molar-refractivity contribution < 1.29 is 9.47 Å². The first-order chi connectivity index (χ1) is 11.8. The molecular weight excluding hydrogens is 322 g/mol. The molecule has 1 aromatic heterocycles. The SMILES string of the molecule is CCSc1nnc(-c2ccccc2)n1Cc1ccc2c(c1)OCO2. The number of hydrogen-bond donors (Lipinski definition) is 0. The number of aromatic nitrogens is 3. The second-order valence-corrected chi connectivity index (χ2v) is 6.61. The minimum atomic E-state index is 0.289. The molecule has 0 amide bonds. The fourth-order valence-electron chi connectivity index (χ4n) is 2.69. The lowest BCUT2D eigenvalue weighted by molar-refractivity contribution is 0.174. The van der Waals surface area contributed by atoms with Crippen molar-refractivity contribution in [1.29, 1.82) is 0 Å². The molecule has 0 bridgehead atoms. The standard InChI is InChI=1S/C18H17N3O2S/c1-2-24-18-20-19-17(14-6-4-3-5-7-14)21(18)11-13-8-9-15-16(10-13)23-12-22-15/h3-10H,2,11-12H2,1H3. The van der Waals surface area contributed by atoms with E-state index in [1.807, 2.05) is 30.3 Å². The Balaban J connectivity index is 1.72. The van der Waals surface area contributed by atoms with Gasteiger partial charge in [0.05, 0.1) is 6.54 Å². The summed E-state index contributed by atoms with van der Waals surface area (Å²) in [7, 11) is 0. The number of thioether (sulfide) groups is 1. The van der Waals surface area contributed by atoms with Gasteiger partial charge in [-0.25, -0.2) is 0 Å². The highest BCUT2D eigenvalue weighted by molar-refractivity contribution is 7.99. The molecule has 0 saturated heterocycles. The van der Waals surface area contributed by atoms with Crippen LogP contribution in [0.2, 0.25) is 0 Å². The van der Waals surface area contributed by atoms with Gasteiger partial charge < -0.3 is 9.47 Å². The van der Waals surface area contributed by atoms with Crippen LogP contribution in [-0.4, -0.2) is 27.3 Å². The molecule has 5 nitrogen and oxygen atoms in total. The molecule has 0 radical (unpaired) electrons. The molecule has 3 aromatic rings. The third kappa shape index (κ3) is 2.85. The normalized spacial score (nSPS) is 12.5. The van der Waals surface area contributed by atoms with E-state index in [0.29, 0.717) is 6.54 Å². The molecule has 1 aliphatic rings. The zero-order valence-electron chi connectivity index (χ0n) is 13.3. The van der Waals surface area contributed by atoms with Gasteiger partial charge in [0.2, 0.25) is 6.79 Å². The van der Waals surface area contributed by atoms with Gasteiger partial charge in [-0.1, -0.05) is 55.1 Å². The van der Waals surface area contributed by atoms with Gasteiger partial charge in [0.1, 0.15) is 0 Å². The van der Waals surface area contributed by atoms with E-state index in [9.17, 15) is 0 Å². The maximum atomic E-state index is 5.48. The third-order valence-electron chi connectivity index (χ3n) is 3.80. The molecule has 0 fully saturated rings. The predicted molar refractivity (Wildman–Crippen MR) is 93.5 cm³/mol. The summed E-state index contributed by atoms with van der Waals surface area (Å²) in [5.41, 5.74) is 2.20. The van der Waals surface area contributed by atoms with Gasteiger partial charge in [0.15, 0.2) is 22.5 Å². The lowest BCUT2D eigenvalue weighted by Crippen LogP contribution is -2.04. The number of fused-ring (bicyclic) bond motifs is 1. The molecule has 0 atom stereocenters. The average Bonchev–Trinajstić information content (AvgIpc) is 3.23. The molecule has 0 saturated carbocycles. The average molecular weight is 339 g/mol. The lowest BCUT2D eigenvalue weighted by Gasteiger charge is -2.10. The van der Waals surface area contributed by atoms with E-state index in [-0.39, 0.29) is 6.79 Å². The summed E-state index contributed by atoms with van der Waals surface area (Å²) in [5.74, 6) is 3.43. The van der Waals surface area contributed by atoms with Crippen LogP contribution in [0.4, 0.5) is 0 Å². The van der Waals surface area contributed by atoms with Crippen molar-refractivity contribution in [3.63, 3.8) is 0 Å². The highest BCUT2D eigenvalue weighted by Crippen LogP contribution is 2.33. The number of ether oxygens (including phenoxy) is 2. The zero-order valence-corrected chi connectivity index (χ0v) is 14.1. The maximum Gasteiger partial charge on any atom is 0.231 e. The monoisotopic (exact) mass is 339 g/mol. The minimum absolute atomic E-state index is 0.289. The summed E-state index contributed by atoms with van der Waals surface area (Å²) >= 11 is 1.70. The van der Waals surface area contributed by atoms with E-state index in [2.05, 4.69) is 39.9 Å². The summed E-state index contributed by atoms with van der Waals surface area (Å²) in [6.07, 6.45) is 0. The Morgan fingerprint density at radius 2 is 1.88 bits per heavy atom. The van der Waals surface area contributed by atoms with E-state index in [4.69, 9.17) is 9.47 Å². The van der Waals surface area contributed by atoms with Crippen LogP contribution < -0.4 is 9.47 Å². The lowest BCUT2D eigenvalue weighted by atomic mass is 10.2. The van der Waals surface area contributed by atoms with E-state index >= 15 is 0 Å². The molecule has 2 heterocycles. The molecule has 0 unspecified atom stereocenters. The summed E-state index contributed by atoms with van der Waals surface area (Å²) in [4.78, 5) is 0. The molecule has 24 heavy (non-hydrogen) atoms. The van der Waals surface area contributed by atoms with Crippen LogP contribution >= 0.6 is 11.8 Å². The van der Waals surface area contributed by atoms with Crippen molar-refractivity contribution in [3.05, 3.63) is 54.1 Å². The minimum Gasteiger partial charge on any atom is -0.454 e. The fourth-order valence-corrected chi connectivity index (χ4v) is 3.35. The maximum absolute atomic E-state index is 5.48. The van der Waals surface area contributed by atoms with Crippen LogP contribution in [-0.2, 0) is 6.54 Å². The molecule has 122 valence electrons. The first-order valence-corrected chi connectivity index (χ1v) is 8.83. The molecule has 0 spiro atoms. The summed E-state index contributed by atoms with van der Waals surface area (Å²) in [6.45, 7) is 3.10. The van der Waals surface area contributed by atoms with Crippen LogP contribution in [0.1, 0.15) is 12.5 Å². The fraction of sp³-hybridized carbons (Fsp3) is 0.222. The summed E-state index contributed by atoms with van der Waals surface area (Å²) in [6, 6.07) is 16.2. The van der Waals surface area contributed by atoms with E-state index in [0.717, 1.165) is 39.4 Å². The summed E-state index contributed by atoms with van der Waals surface area (Å²) in [5, 5.41) is 9.71. The van der Waals surface area contributed by atoms with E-state index in [1.54, 1.807) is 11.8 Å². The quantitative estimate of drug-likeness (QED) is 0.661. The largest absolute Gasteiger partial charge is 0.454 e. The van der Waals surface area contributed by atoms with Crippen molar-refractivity contribution in [2.75, 3.05) is 12.5 Å². The topological polar surface area (TPSA) is 49.2 Å². The number of rotatable bonds is 5. The molecular formula is C18H17N3O2S. The molecule has 0 N–H and O–H groups in total. The van der Waals surface area contributed by atoms with Gasteiger partial charge in [0, 0.05) is 5.56 Å². The molecule has 0 aliphatic carbocycles. The first kappa shape index (κ1) is 15.1. The van der Waals surface area contributed by atoms with Crippen molar-refractivity contribution in [1.82, 2.24) is 14.8 Å². The Kier molecular flexibility index (Phi) is 4.13. The van der Waals surface area contributed by atoms with Crippen LogP contribution in [0.5, 0.6) is 11.5 Å². The molecule has 6 heteroatoms. The summed E-state index contributed by atoms with van der Waals surface area (Å²) < 4.78 is 13.0. The van der Waals surface area contributed by atoms with Crippen LogP contribution in [0.25, 0.3) is 11.4 Å². The van der Waals surface area contributed by atoms with Gasteiger partial charge in [-0.15, -0.1) is 10.2 Å². The Hall–Kier alpha value is -2.47. The molecule has 4 rings (SSSR count). The Bertz CT molecular complexity index is 849. The molecule has 1 aliphatic heterocycles. The van der Waals surface area contributed by atoms with Crippen molar-refractivity contribution >= 4 is 11.8 Å². The second-order valence-electron chi connectivity index (χ2n) is 5.38. The Labute approximate surface area is 144 Å². The van der Waals surface area contributed by atoms with Gasteiger partial charge in [-0.05, 0) is 23.4 Å². The second kappa shape index (κ2) is 6.57. The number of benzene rings is 2. The van der Waals surface area contributed by atoms with E-state index < -0.39 is 0 Å². The smallest absolute Gasteiger partial charge is 0.231 e. The first-order valence-electron chi connectivity index (χ1n) is 7.85. The number of nitrogens with zero attached hydrogens (tertiary/aromatic N) is 3. The van der Waals surface area contributed by atoms with Gasteiger partial charge in [-0.3, -0.25) is 4.57 Å². The number of hydrogen-bond acceptors (Lipinski definition) is 5. The van der Waals surface area contributed by atoms with Gasteiger partial charge >= 0.3 is 0 Å². The third-order valence-corrected chi connectivity index (χ3v) is 4.65. The zero-order chi connectivity index (χ0) is 16.4. The van der Waals surface area contributed by atoms with Crippen molar-refractivity contribution in [2.45, 2.75) is 18.6 Å². The van der Waals surface area contributed by atoms with E-state index in [1.165, 1.54) is 0 Å². The Morgan fingerprint density at radius 3 is 2.71 bits per heavy atom. The van der Waals surface area contributed by atoms with Gasteiger partial charge in [0.25, 0.3) is 0 Å². The highest BCUT2D eigenvalue weighted by Gasteiger charge is 2.17. The van der Waals surface area contributed by atoms with Crippen LogP contribution in [0, 0.1) is 0 Å². The van der Waals surface area contributed by atoms with Crippen LogP contribution in [0.15, 0.2) is 53.7 Å². The molecule has 2 aromatic carbocycles. The highest BCUT2D eigenvalue weighted by atomic mass is 32.2. The Morgan fingerprint density at radius 1 is 1.04 bits per heavy atom. The van der Waals surface area contributed by atoms with Crippen molar-refractivity contribution in [3.8, 4) is 22.9 Å². The van der Waals surface area contributed by atoms with Crippen molar-refractivity contribution in [2.24, 2.45) is 0 Å². The predicted octanol–water partition coefficient (Wildman–Crippen LogP) is 3.83. The van der Waals surface area contributed by atoms with Crippen LogP contribution in [0.3, 0.4) is 0 Å².